The van der Waals surface area contributed by atoms with Crippen LogP contribution in [0.2, 0.25) is 0 Å². The molecule has 7 heteroatoms. The van der Waals surface area contributed by atoms with Crippen LogP contribution in [0.15, 0.2) is 47.4 Å². The van der Waals surface area contributed by atoms with Gasteiger partial charge in [0, 0.05) is 31.7 Å². The van der Waals surface area contributed by atoms with Crippen molar-refractivity contribution in [2.45, 2.75) is 38.5 Å². The van der Waals surface area contributed by atoms with Gasteiger partial charge in [-0.3, -0.25) is 4.79 Å². The van der Waals surface area contributed by atoms with Gasteiger partial charge in [-0.25, -0.2) is 8.42 Å². The Balaban J connectivity index is 1.64. The van der Waals surface area contributed by atoms with Crippen LogP contribution in [0.25, 0.3) is 0 Å². The van der Waals surface area contributed by atoms with Crippen molar-refractivity contribution in [3.63, 3.8) is 0 Å². The van der Waals surface area contributed by atoms with E-state index in [1.807, 2.05) is 39.0 Å². The number of anilines is 1. The van der Waals surface area contributed by atoms with Gasteiger partial charge in [0.1, 0.15) is 5.75 Å². The van der Waals surface area contributed by atoms with Crippen molar-refractivity contribution in [3.05, 3.63) is 53.6 Å². The van der Waals surface area contributed by atoms with Crippen LogP contribution < -0.4 is 9.64 Å². The second kappa shape index (κ2) is 9.18. The van der Waals surface area contributed by atoms with Gasteiger partial charge in [-0.15, -0.1) is 0 Å². The minimum absolute atomic E-state index is 0.0383. The van der Waals surface area contributed by atoms with Crippen LogP contribution in [0.1, 0.15) is 30.9 Å². The number of amides is 1. The van der Waals surface area contributed by atoms with Gasteiger partial charge in [-0.1, -0.05) is 6.07 Å². The van der Waals surface area contributed by atoms with Crippen LogP contribution in [-0.2, 0) is 14.8 Å². The number of benzene rings is 2. The molecule has 6 nitrogen and oxygen atoms in total. The molecule has 3 rings (SSSR count). The highest BCUT2D eigenvalue weighted by molar-refractivity contribution is 7.89. The second-order valence-corrected chi connectivity index (χ2v) is 9.69. The largest absolute Gasteiger partial charge is 0.494 e. The van der Waals surface area contributed by atoms with Gasteiger partial charge in [-0.2, -0.15) is 4.31 Å². The number of carbonyl (C=O) groups is 1. The minimum Gasteiger partial charge on any atom is -0.494 e. The Morgan fingerprint density at radius 1 is 1.07 bits per heavy atom. The number of aryl methyl sites for hydroxylation is 2. The molecule has 1 saturated heterocycles. The number of hydrogen-bond donors (Lipinski definition) is 0. The number of nitrogens with zero attached hydrogens (tertiary/aromatic N) is 2. The van der Waals surface area contributed by atoms with Crippen LogP contribution in [-0.4, -0.2) is 45.4 Å². The van der Waals surface area contributed by atoms with E-state index in [1.165, 1.54) is 9.87 Å². The molecule has 1 amide bonds. The molecule has 0 radical (unpaired) electrons. The molecule has 0 aliphatic carbocycles. The zero-order valence-electron chi connectivity index (χ0n) is 18.1. The van der Waals surface area contributed by atoms with Crippen LogP contribution in [0.3, 0.4) is 0 Å². The Morgan fingerprint density at radius 3 is 2.27 bits per heavy atom. The van der Waals surface area contributed by atoms with Gasteiger partial charge >= 0.3 is 0 Å². The van der Waals surface area contributed by atoms with Gasteiger partial charge in [0.25, 0.3) is 0 Å². The Bertz CT molecular complexity index is 994. The van der Waals surface area contributed by atoms with Crippen molar-refractivity contribution in [1.82, 2.24) is 4.31 Å². The number of hydrogen-bond acceptors (Lipinski definition) is 4. The Kier molecular flexibility index (Phi) is 6.83. The maximum Gasteiger partial charge on any atom is 0.243 e. The number of sulfonamides is 1. The van der Waals surface area contributed by atoms with Gasteiger partial charge in [0.15, 0.2) is 0 Å². The third-order valence-corrected chi connectivity index (χ3v) is 7.70. The van der Waals surface area contributed by atoms with Crippen molar-refractivity contribution in [3.8, 4) is 5.75 Å². The van der Waals surface area contributed by atoms with Crippen LogP contribution in [0, 0.1) is 19.8 Å². The molecule has 0 bridgehead atoms. The highest BCUT2D eigenvalue weighted by Gasteiger charge is 2.33. The molecule has 30 heavy (non-hydrogen) atoms. The maximum absolute atomic E-state index is 13.0. The average molecular weight is 431 g/mol. The van der Waals surface area contributed by atoms with Crippen LogP contribution in [0.4, 0.5) is 5.69 Å². The highest BCUT2D eigenvalue weighted by atomic mass is 32.2. The average Bonchev–Trinajstić information content (AvgIpc) is 2.75. The summed E-state index contributed by atoms with van der Waals surface area (Å²) in [7, 11) is -1.79. The third-order valence-electron chi connectivity index (χ3n) is 5.78. The third kappa shape index (κ3) is 4.68. The van der Waals surface area contributed by atoms with Crippen molar-refractivity contribution >= 4 is 21.6 Å². The van der Waals surface area contributed by atoms with Crippen molar-refractivity contribution in [2.75, 3.05) is 31.6 Å². The zero-order chi connectivity index (χ0) is 21.9. The molecule has 0 N–H and O–H groups in total. The fourth-order valence-electron chi connectivity index (χ4n) is 3.70. The normalized spacial score (nSPS) is 15.7. The van der Waals surface area contributed by atoms with Gasteiger partial charge in [-0.05, 0) is 81.1 Å². The number of carbonyl (C=O) groups excluding carboxylic acids is 1. The van der Waals surface area contributed by atoms with E-state index < -0.39 is 10.0 Å². The first-order valence-electron chi connectivity index (χ1n) is 10.3. The lowest BCUT2D eigenvalue weighted by atomic mass is 9.96. The lowest BCUT2D eigenvalue weighted by molar-refractivity contribution is -0.123. The van der Waals surface area contributed by atoms with E-state index in [9.17, 15) is 13.2 Å². The fraction of sp³-hybridized carbons (Fsp3) is 0.435. The van der Waals surface area contributed by atoms with Gasteiger partial charge in [0.05, 0.1) is 11.5 Å². The predicted octanol–water partition coefficient (Wildman–Crippen LogP) is 3.77. The summed E-state index contributed by atoms with van der Waals surface area (Å²) in [6.07, 6.45) is 1.04. The van der Waals surface area contributed by atoms with E-state index in [-0.39, 0.29) is 16.7 Å². The molecule has 0 saturated carbocycles. The lowest BCUT2D eigenvalue weighted by Crippen LogP contribution is -2.43. The summed E-state index contributed by atoms with van der Waals surface area (Å²) in [5.74, 6) is 0.509. The highest BCUT2D eigenvalue weighted by Crippen LogP contribution is 2.28. The molecule has 0 aromatic heterocycles. The van der Waals surface area contributed by atoms with Crippen molar-refractivity contribution in [2.24, 2.45) is 5.92 Å². The minimum atomic E-state index is -3.57. The molecule has 1 aliphatic heterocycles. The number of rotatable bonds is 6. The molecule has 2 aromatic carbocycles. The molecule has 162 valence electrons. The van der Waals surface area contributed by atoms with E-state index >= 15 is 0 Å². The summed E-state index contributed by atoms with van der Waals surface area (Å²) in [4.78, 5) is 14.9. The Morgan fingerprint density at radius 2 is 1.70 bits per heavy atom. The summed E-state index contributed by atoms with van der Waals surface area (Å²) in [6, 6.07) is 12.5. The molecular weight excluding hydrogens is 400 g/mol. The predicted molar refractivity (Wildman–Crippen MR) is 118 cm³/mol. The monoisotopic (exact) mass is 430 g/mol. The molecule has 1 fully saturated rings. The first kappa shape index (κ1) is 22.3. The van der Waals surface area contributed by atoms with E-state index in [4.69, 9.17) is 4.74 Å². The maximum atomic E-state index is 13.0. The van der Waals surface area contributed by atoms with Crippen LogP contribution >= 0.6 is 0 Å². The van der Waals surface area contributed by atoms with Crippen molar-refractivity contribution in [1.29, 1.82) is 0 Å². The molecule has 0 spiro atoms. The van der Waals surface area contributed by atoms with Gasteiger partial charge in [0.2, 0.25) is 15.9 Å². The quantitative estimate of drug-likeness (QED) is 0.700. The molecule has 0 unspecified atom stereocenters. The van der Waals surface area contributed by atoms with E-state index in [2.05, 4.69) is 0 Å². The molecule has 1 aliphatic rings. The Hall–Kier alpha value is -2.38. The summed E-state index contributed by atoms with van der Waals surface area (Å²) >= 11 is 0. The molecule has 1 heterocycles. The van der Waals surface area contributed by atoms with E-state index in [0.29, 0.717) is 38.3 Å². The smallest absolute Gasteiger partial charge is 0.243 e. The van der Waals surface area contributed by atoms with E-state index in [0.717, 1.165) is 11.3 Å². The SMILES string of the molecule is CCOc1ccc(S(=O)(=O)N2CCC(C(=O)N(C)c3ccc(C)c(C)c3)CC2)cc1. The summed E-state index contributed by atoms with van der Waals surface area (Å²) in [5, 5.41) is 0. The first-order valence-corrected chi connectivity index (χ1v) is 11.8. The topological polar surface area (TPSA) is 66.9 Å². The van der Waals surface area contributed by atoms with Crippen molar-refractivity contribution < 1.29 is 17.9 Å². The standard InChI is InChI=1S/C23H30N2O4S/c1-5-29-21-8-10-22(11-9-21)30(27,28)25-14-12-19(13-15-25)23(26)24(4)20-7-6-17(2)18(3)16-20/h6-11,16,19H,5,12-15H2,1-4H3. The molecule has 0 atom stereocenters. The summed E-state index contributed by atoms with van der Waals surface area (Å²) in [6.45, 7) is 7.17. The zero-order valence-corrected chi connectivity index (χ0v) is 18.9. The second-order valence-electron chi connectivity index (χ2n) is 7.75. The van der Waals surface area contributed by atoms with Gasteiger partial charge < -0.3 is 9.64 Å². The summed E-state index contributed by atoms with van der Waals surface area (Å²) < 4.78 is 32.8. The van der Waals surface area contributed by atoms with E-state index in [1.54, 1.807) is 36.2 Å². The first-order chi connectivity index (χ1) is 14.2. The molecule has 2 aromatic rings. The Labute approximate surface area is 179 Å². The molecular formula is C23H30N2O4S. The fourth-order valence-corrected chi connectivity index (χ4v) is 5.17. The summed E-state index contributed by atoms with van der Waals surface area (Å²) in [5.41, 5.74) is 3.20. The van der Waals surface area contributed by atoms with Crippen LogP contribution in [0.5, 0.6) is 5.75 Å². The number of piperidine rings is 1. The lowest BCUT2D eigenvalue weighted by Gasteiger charge is -2.32. The number of ether oxygens (including phenoxy) is 1.